The molecule has 0 aromatic rings. The maximum Gasteiger partial charge on any atom is 0.163 e. The predicted octanol–water partition coefficient (Wildman–Crippen LogP) is 5.60. The fraction of sp³-hybridized carbons (Fsp3) is 0.824. The van der Waals surface area contributed by atoms with Crippen molar-refractivity contribution in [3.8, 4) is 0 Å². The number of alkyl halides is 1. The molecule has 0 fully saturated rings. The lowest BCUT2D eigenvalue weighted by Gasteiger charge is -2.21. The van der Waals surface area contributed by atoms with E-state index in [9.17, 15) is 4.39 Å². The summed E-state index contributed by atoms with van der Waals surface area (Å²) in [5.74, 6) is 1.28. The molecular formula is C17H32FN. The van der Waals surface area contributed by atoms with Gasteiger partial charge >= 0.3 is 0 Å². The zero-order valence-electron chi connectivity index (χ0n) is 13.8. The van der Waals surface area contributed by atoms with E-state index in [4.69, 9.17) is 0 Å². The van der Waals surface area contributed by atoms with Crippen LogP contribution in [0.5, 0.6) is 0 Å². The summed E-state index contributed by atoms with van der Waals surface area (Å²) in [4.78, 5) is 4.67. The lowest BCUT2D eigenvalue weighted by Crippen LogP contribution is -2.27. The van der Waals surface area contributed by atoms with Crippen molar-refractivity contribution < 1.29 is 4.39 Å². The van der Waals surface area contributed by atoms with Crippen molar-refractivity contribution in [1.82, 2.24) is 0 Å². The molecule has 2 heteroatoms. The molecule has 0 radical (unpaired) electrons. The van der Waals surface area contributed by atoms with Crippen LogP contribution in [-0.2, 0) is 0 Å². The van der Waals surface area contributed by atoms with Crippen molar-refractivity contribution in [1.29, 1.82) is 0 Å². The summed E-state index contributed by atoms with van der Waals surface area (Å²) in [6, 6.07) is 0.253. The van der Waals surface area contributed by atoms with Crippen LogP contribution in [0.15, 0.2) is 17.1 Å². The van der Waals surface area contributed by atoms with Gasteiger partial charge in [0.2, 0.25) is 0 Å². The summed E-state index contributed by atoms with van der Waals surface area (Å²) in [5.41, 5.74) is -0.818. The average molecular weight is 269 g/mol. The Morgan fingerprint density at radius 1 is 1.16 bits per heavy atom. The highest BCUT2D eigenvalue weighted by Gasteiger charge is 2.24. The molecule has 0 aromatic carbocycles. The fourth-order valence-electron chi connectivity index (χ4n) is 2.14. The van der Waals surface area contributed by atoms with E-state index >= 15 is 0 Å². The number of aliphatic imine (C=N–C) groups is 1. The van der Waals surface area contributed by atoms with Gasteiger partial charge in [-0.3, -0.25) is 4.99 Å². The lowest BCUT2D eigenvalue weighted by atomic mass is 9.95. The van der Waals surface area contributed by atoms with Crippen molar-refractivity contribution >= 4 is 5.71 Å². The third-order valence-electron chi connectivity index (χ3n) is 3.38. The van der Waals surface area contributed by atoms with Gasteiger partial charge in [-0.2, -0.15) is 0 Å². The maximum atomic E-state index is 14.4. The molecule has 0 aliphatic rings. The summed E-state index contributed by atoms with van der Waals surface area (Å²) in [6.07, 6.45) is 6.58. The summed E-state index contributed by atoms with van der Waals surface area (Å²) in [5, 5.41) is 0. The number of halogens is 1. The van der Waals surface area contributed by atoms with Crippen LogP contribution in [0.2, 0.25) is 0 Å². The van der Waals surface area contributed by atoms with Crippen LogP contribution < -0.4 is 0 Å². The van der Waals surface area contributed by atoms with Gasteiger partial charge in [0.1, 0.15) is 0 Å². The van der Waals surface area contributed by atoms with Gasteiger partial charge in [0, 0.05) is 0 Å². The topological polar surface area (TPSA) is 12.4 Å². The molecule has 1 nitrogen and oxygen atoms in total. The van der Waals surface area contributed by atoms with Gasteiger partial charge in [0.05, 0.1) is 11.8 Å². The van der Waals surface area contributed by atoms with Gasteiger partial charge in [-0.25, -0.2) is 4.39 Å². The first-order valence-corrected chi connectivity index (χ1v) is 7.56. The Morgan fingerprint density at radius 3 is 2.16 bits per heavy atom. The largest absolute Gasteiger partial charge is 0.287 e. The second-order valence-corrected chi connectivity index (χ2v) is 6.54. The Balaban J connectivity index is 4.85. The van der Waals surface area contributed by atoms with Crippen LogP contribution in [0.4, 0.5) is 4.39 Å². The van der Waals surface area contributed by atoms with E-state index in [2.05, 4.69) is 32.7 Å². The zero-order valence-corrected chi connectivity index (χ0v) is 13.8. The van der Waals surface area contributed by atoms with E-state index in [0.717, 1.165) is 19.3 Å². The van der Waals surface area contributed by atoms with E-state index in [1.165, 1.54) is 0 Å². The number of nitrogens with zero attached hydrogens (tertiary/aromatic N) is 1. The number of hydrogen-bond donors (Lipinski definition) is 0. The molecule has 2 atom stereocenters. The first-order valence-electron chi connectivity index (χ1n) is 7.56. The number of rotatable bonds is 8. The van der Waals surface area contributed by atoms with Gasteiger partial charge in [-0.15, -0.1) is 0 Å². The minimum Gasteiger partial charge on any atom is -0.287 e. The van der Waals surface area contributed by atoms with Crippen LogP contribution in [0, 0.1) is 11.8 Å². The molecule has 0 amide bonds. The summed E-state index contributed by atoms with van der Waals surface area (Å²) < 4.78 is 14.4. The molecular weight excluding hydrogens is 237 g/mol. The molecule has 0 heterocycles. The minimum absolute atomic E-state index is 0.253. The molecule has 0 N–H and O–H groups in total. The Bertz CT molecular complexity index is 300. The number of hydrogen-bond acceptors (Lipinski definition) is 1. The van der Waals surface area contributed by atoms with Crippen molar-refractivity contribution in [2.75, 3.05) is 0 Å². The smallest absolute Gasteiger partial charge is 0.163 e. The van der Waals surface area contributed by atoms with Crippen LogP contribution in [0.25, 0.3) is 0 Å². The number of allylic oxidation sites excluding steroid dienone is 2. The second-order valence-electron chi connectivity index (χ2n) is 6.54. The molecule has 0 rings (SSSR count). The maximum absolute atomic E-state index is 14.4. The van der Waals surface area contributed by atoms with Crippen LogP contribution >= 0.6 is 0 Å². The SMILES string of the molecule is C/C=C/C(C)(F)C(C)=N[C@H](CCC(C)C)CC(C)C. The Labute approximate surface area is 119 Å². The molecule has 19 heavy (non-hydrogen) atoms. The highest BCUT2D eigenvalue weighted by molar-refractivity contribution is 5.92. The summed E-state index contributed by atoms with van der Waals surface area (Å²) in [7, 11) is 0. The Kier molecular flexibility index (Phi) is 8.20. The molecule has 0 saturated carbocycles. The first kappa shape index (κ1) is 18.3. The third-order valence-corrected chi connectivity index (χ3v) is 3.38. The van der Waals surface area contributed by atoms with Crippen molar-refractivity contribution in [3.63, 3.8) is 0 Å². The van der Waals surface area contributed by atoms with Crippen molar-refractivity contribution in [3.05, 3.63) is 12.2 Å². The zero-order chi connectivity index (χ0) is 15.1. The average Bonchev–Trinajstić information content (AvgIpc) is 2.24. The Morgan fingerprint density at radius 2 is 1.74 bits per heavy atom. The summed E-state index contributed by atoms with van der Waals surface area (Å²) in [6.45, 7) is 14.1. The van der Waals surface area contributed by atoms with Crippen LogP contribution in [-0.4, -0.2) is 17.4 Å². The first-order chi connectivity index (χ1) is 8.69. The minimum atomic E-state index is -1.41. The third kappa shape index (κ3) is 8.18. The molecule has 0 saturated heterocycles. The normalized spacial score (nSPS) is 18.3. The van der Waals surface area contributed by atoms with Crippen molar-refractivity contribution in [2.24, 2.45) is 16.8 Å². The summed E-state index contributed by atoms with van der Waals surface area (Å²) >= 11 is 0. The molecule has 112 valence electrons. The molecule has 0 bridgehead atoms. The van der Waals surface area contributed by atoms with E-state index < -0.39 is 5.67 Å². The van der Waals surface area contributed by atoms with Crippen LogP contribution in [0.1, 0.15) is 67.7 Å². The second kappa shape index (κ2) is 8.50. The van der Waals surface area contributed by atoms with Crippen LogP contribution in [0.3, 0.4) is 0 Å². The standard InChI is InChI=1S/C17H32FN/c1-8-11-17(7,18)15(6)19-16(12-14(4)5)10-9-13(2)3/h8,11,13-14,16H,9-10,12H2,1-7H3/b11-8+,19-15?/t16-,17?/m1/s1. The highest BCUT2D eigenvalue weighted by atomic mass is 19.1. The predicted molar refractivity (Wildman–Crippen MR) is 84.8 cm³/mol. The van der Waals surface area contributed by atoms with E-state index in [1.54, 1.807) is 19.1 Å². The molecule has 0 aliphatic carbocycles. The molecule has 0 aliphatic heterocycles. The van der Waals surface area contributed by atoms with Crippen molar-refractivity contribution in [2.45, 2.75) is 79.4 Å². The molecule has 1 unspecified atom stereocenters. The van der Waals surface area contributed by atoms with Gasteiger partial charge in [-0.1, -0.05) is 33.8 Å². The van der Waals surface area contributed by atoms with Gasteiger partial charge < -0.3 is 0 Å². The molecule has 0 aromatic heterocycles. The quantitative estimate of drug-likeness (QED) is 0.401. The van der Waals surface area contributed by atoms with Gasteiger partial charge in [-0.05, 0) is 57.9 Å². The van der Waals surface area contributed by atoms with E-state index in [1.807, 2.05) is 13.8 Å². The van der Waals surface area contributed by atoms with Gasteiger partial charge in [0.25, 0.3) is 0 Å². The Hall–Kier alpha value is -0.660. The van der Waals surface area contributed by atoms with E-state index in [0.29, 0.717) is 17.5 Å². The van der Waals surface area contributed by atoms with E-state index in [-0.39, 0.29) is 6.04 Å². The highest BCUT2D eigenvalue weighted by Crippen LogP contribution is 2.21. The molecule has 0 spiro atoms. The fourth-order valence-corrected chi connectivity index (χ4v) is 2.14. The monoisotopic (exact) mass is 269 g/mol. The van der Waals surface area contributed by atoms with Gasteiger partial charge in [0.15, 0.2) is 5.67 Å². The lowest BCUT2D eigenvalue weighted by molar-refractivity contribution is 0.347.